The van der Waals surface area contributed by atoms with Gasteiger partial charge < -0.3 is 10.2 Å². The molecule has 0 amide bonds. The van der Waals surface area contributed by atoms with Crippen molar-refractivity contribution in [3.8, 4) is 6.07 Å². The third kappa shape index (κ3) is 2.77. The Morgan fingerprint density at radius 3 is 2.94 bits per heavy atom. The van der Waals surface area contributed by atoms with Gasteiger partial charge in [0.1, 0.15) is 6.07 Å². The van der Waals surface area contributed by atoms with Gasteiger partial charge in [-0.1, -0.05) is 18.5 Å². The van der Waals surface area contributed by atoms with Gasteiger partial charge in [0, 0.05) is 24.8 Å². The van der Waals surface area contributed by atoms with Crippen molar-refractivity contribution in [1.29, 1.82) is 5.26 Å². The molecule has 0 radical (unpaired) electrons. The van der Waals surface area contributed by atoms with Gasteiger partial charge in [0.15, 0.2) is 0 Å². The van der Waals surface area contributed by atoms with E-state index < -0.39 is 0 Å². The summed E-state index contributed by atoms with van der Waals surface area (Å²) in [4.78, 5) is 2.40. The molecule has 1 atom stereocenters. The monoisotopic (exact) mass is 263 g/mol. The highest BCUT2D eigenvalue weighted by Gasteiger charge is 2.22. The average molecular weight is 264 g/mol. The zero-order valence-electron chi connectivity index (χ0n) is 10.6. The molecule has 1 aromatic rings. The number of hydrogen-bond acceptors (Lipinski definition) is 3. The fraction of sp³-hybridized carbons (Fsp3) is 0.500. The van der Waals surface area contributed by atoms with Gasteiger partial charge in [-0.2, -0.15) is 5.26 Å². The molecule has 1 N–H and O–H groups in total. The van der Waals surface area contributed by atoms with Crippen LogP contribution < -0.4 is 10.2 Å². The Hall–Kier alpha value is -1.24. The van der Waals surface area contributed by atoms with Crippen LogP contribution in [0.15, 0.2) is 18.2 Å². The molecule has 1 aliphatic heterocycles. The smallest absolute Gasteiger partial charge is 0.101 e. The van der Waals surface area contributed by atoms with E-state index in [1.165, 1.54) is 0 Å². The van der Waals surface area contributed by atoms with Crippen LogP contribution in [0, 0.1) is 11.3 Å². The van der Waals surface area contributed by atoms with Gasteiger partial charge in [0.25, 0.3) is 0 Å². The van der Waals surface area contributed by atoms with E-state index in [-0.39, 0.29) is 0 Å². The molecule has 1 fully saturated rings. The summed E-state index contributed by atoms with van der Waals surface area (Å²) in [6.07, 6.45) is 2.27. The number of nitriles is 1. The van der Waals surface area contributed by atoms with Crippen molar-refractivity contribution < 1.29 is 0 Å². The van der Waals surface area contributed by atoms with Crippen molar-refractivity contribution in [2.75, 3.05) is 24.5 Å². The van der Waals surface area contributed by atoms with Crippen LogP contribution in [0.3, 0.4) is 0 Å². The number of nitrogens with one attached hydrogen (secondary N) is 1. The van der Waals surface area contributed by atoms with Crippen LogP contribution in [-0.2, 0) is 0 Å². The lowest BCUT2D eigenvalue weighted by Crippen LogP contribution is -2.37. The zero-order valence-corrected chi connectivity index (χ0v) is 11.4. The van der Waals surface area contributed by atoms with Crippen LogP contribution in [0.1, 0.15) is 25.3 Å². The quantitative estimate of drug-likeness (QED) is 0.908. The molecule has 1 heterocycles. The van der Waals surface area contributed by atoms with Crippen LogP contribution in [0.5, 0.6) is 0 Å². The largest absolute Gasteiger partial charge is 0.367 e. The molecule has 1 saturated heterocycles. The maximum atomic E-state index is 8.90. The molecule has 2 rings (SSSR count). The first-order chi connectivity index (χ1) is 8.76. The fourth-order valence-electron chi connectivity index (χ4n) is 2.44. The van der Waals surface area contributed by atoms with Crippen LogP contribution >= 0.6 is 11.6 Å². The Morgan fingerprint density at radius 1 is 1.56 bits per heavy atom. The van der Waals surface area contributed by atoms with Gasteiger partial charge in [-0.05, 0) is 37.6 Å². The SMILES string of the molecule is CCCN(c1ccc(C#N)c(Cl)c1)C1CCNC1. The van der Waals surface area contributed by atoms with E-state index in [0.717, 1.165) is 38.2 Å². The second-order valence-electron chi connectivity index (χ2n) is 4.62. The molecule has 0 aliphatic carbocycles. The van der Waals surface area contributed by atoms with E-state index in [4.69, 9.17) is 16.9 Å². The number of anilines is 1. The molecular weight excluding hydrogens is 246 g/mol. The summed E-state index contributed by atoms with van der Waals surface area (Å²) < 4.78 is 0. The van der Waals surface area contributed by atoms with E-state index in [0.29, 0.717) is 16.6 Å². The highest BCUT2D eigenvalue weighted by Crippen LogP contribution is 2.26. The molecular formula is C14H18ClN3. The van der Waals surface area contributed by atoms with E-state index in [1.807, 2.05) is 18.2 Å². The minimum atomic E-state index is 0.536. The molecule has 0 saturated carbocycles. The molecule has 1 unspecified atom stereocenters. The first kappa shape index (κ1) is 13.2. The van der Waals surface area contributed by atoms with Gasteiger partial charge in [-0.3, -0.25) is 0 Å². The first-order valence-corrected chi connectivity index (χ1v) is 6.81. The van der Waals surface area contributed by atoms with Crippen molar-refractivity contribution in [2.45, 2.75) is 25.8 Å². The normalized spacial score (nSPS) is 18.6. The van der Waals surface area contributed by atoms with E-state index in [2.05, 4.69) is 23.2 Å². The molecule has 1 aromatic carbocycles. The summed E-state index contributed by atoms with van der Waals surface area (Å²) in [5, 5.41) is 12.8. The molecule has 18 heavy (non-hydrogen) atoms. The Kier molecular flexibility index (Phi) is 4.46. The fourth-order valence-corrected chi connectivity index (χ4v) is 2.66. The third-order valence-corrected chi connectivity index (χ3v) is 3.66. The highest BCUT2D eigenvalue weighted by molar-refractivity contribution is 6.32. The summed E-state index contributed by atoms with van der Waals surface area (Å²) in [6, 6.07) is 8.35. The minimum absolute atomic E-state index is 0.536. The van der Waals surface area contributed by atoms with Crippen molar-refractivity contribution in [1.82, 2.24) is 5.32 Å². The predicted octanol–water partition coefficient (Wildman–Crippen LogP) is 2.79. The molecule has 0 aromatic heterocycles. The van der Waals surface area contributed by atoms with E-state index in [1.54, 1.807) is 0 Å². The summed E-state index contributed by atoms with van der Waals surface area (Å²) in [6.45, 7) is 5.31. The maximum absolute atomic E-state index is 8.90. The molecule has 96 valence electrons. The standard InChI is InChI=1S/C14H18ClN3/c1-2-7-18(13-5-6-17-10-13)12-4-3-11(9-16)14(15)8-12/h3-4,8,13,17H,2,5-7,10H2,1H3. The number of halogens is 1. The lowest BCUT2D eigenvalue weighted by atomic mass is 10.1. The van der Waals surface area contributed by atoms with Gasteiger partial charge in [0.05, 0.1) is 10.6 Å². The van der Waals surface area contributed by atoms with Crippen molar-refractivity contribution in [3.63, 3.8) is 0 Å². The molecule has 1 aliphatic rings. The second-order valence-corrected chi connectivity index (χ2v) is 5.02. The third-order valence-electron chi connectivity index (χ3n) is 3.34. The van der Waals surface area contributed by atoms with Crippen LogP contribution in [0.2, 0.25) is 5.02 Å². The van der Waals surface area contributed by atoms with Crippen molar-refractivity contribution >= 4 is 17.3 Å². The van der Waals surface area contributed by atoms with Crippen molar-refractivity contribution in [3.05, 3.63) is 28.8 Å². The van der Waals surface area contributed by atoms with Gasteiger partial charge in [0.2, 0.25) is 0 Å². The van der Waals surface area contributed by atoms with Crippen LogP contribution in [-0.4, -0.2) is 25.7 Å². The summed E-state index contributed by atoms with van der Waals surface area (Å²) in [7, 11) is 0. The lowest BCUT2D eigenvalue weighted by Gasteiger charge is -2.30. The Labute approximate surface area is 113 Å². The van der Waals surface area contributed by atoms with Gasteiger partial charge >= 0.3 is 0 Å². The number of rotatable bonds is 4. The number of nitrogens with zero attached hydrogens (tertiary/aromatic N) is 2. The minimum Gasteiger partial charge on any atom is -0.367 e. The van der Waals surface area contributed by atoms with E-state index in [9.17, 15) is 0 Å². The Morgan fingerprint density at radius 2 is 2.39 bits per heavy atom. The molecule has 4 heteroatoms. The molecule has 3 nitrogen and oxygen atoms in total. The van der Waals surface area contributed by atoms with E-state index >= 15 is 0 Å². The van der Waals surface area contributed by atoms with Gasteiger partial charge in [-0.25, -0.2) is 0 Å². The summed E-state index contributed by atoms with van der Waals surface area (Å²) in [5.74, 6) is 0. The summed E-state index contributed by atoms with van der Waals surface area (Å²) >= 11 is 6.12. The lowest BCUT2D eigenvalue weighted by molar-refractivity contribution is 0.625. The maximum Gasteiger partial charge on any atom is 0.101 e. The molecule has 0 bridgehead atoms. The zero-order chi connectivity index (χ0) is 13.0. The Bertz CT molecular complexity index is 447. The first-order valence-electron chi connectivity index (χ1n) is 6.43. The topological polar surface area (TPSA) is 39.1 Å². The van der Waals surface area contributed by atoms with Crippen molar-refractivity contribution in [2.24, 2.45) is 0 Å². The summed E-state index contributed by atoms with van der Waals surface area (Å²) in [5.41, 5.74) is 1.66. The number of benzene rings is 1. The van der Waals surface area contributed by atoms with Crippen LogP contribution in [0.25, 0.3) is 0 Å². The molecule has 0 spiro atoms. The predicted molar refractivity (Wildman–Crippen MR) is 75.1 cm³/mol. The number of hydrogen-bond donors (Lipinski definition) is 1. The average Bonchev–Trinajstić information content (AvgIpc) is 2.89. The second kappa shape index (κ2) is 6.08. The highest BCUT2D eigenvalue weighted by atomic mass is 35.5. The van der Waals surface area contributed by atoms with Gasteiger partial charge in [-0.15, -0.1) is 0 Å². The Balaban J connectivity index is 2.25. The van der Waals surface area contributed by atoms with Crippen LogP contribution in [0.4, 0.5) is 5.69 Å².